The Morgan fingerprint density at radius 1 is 1.21 bits per heavy atom. The summed E-state index contributed by atoms with van der Waals surface area (Å²) in [6, 6.07) is 9.81. The Morgan fingerprint density at radius 3 is 2.42 bits per heavy atom. The monoisotopic (exact) mass is 282 g/mol. The van der Waals surface area contributed by atoms with Crippen molar-refractivity contribution in [1.82, 2.24) is 9.62 Å². The summed E-state index contributed by atoms with van der Waals surface area (Å²) < 4.78 is 23.3. The van der Waals surface area contributed by atoms with Crippen molar-refractivity contribution in [1.29, 1.82) is 0 Å². The van der Waals surface area contributed by atoms with Gasteiger partial charge in [-0.1, -0.05) is 30.3 Å². The highest BCUT2D eigenvalue weighted by atomic mass is 32.2. The summed E-state index contributed by atoms with van der Waals surface area (Å²) in [7, 11) is -3.45. The molecule has 6 heteroatoms. The second-order valence-corrected chi connectivity index (χ2v) is 7.47. The van der Waals surface area contributed by atoms with E-state index in [0.29, 0.717) is 13.1 Å². The van der Waals surface area contributed by atoms with Gasteiger partial charge in [-0.25, -0.2) is 12.7 Å². The number of rotatable bonds is 5. The van der Waals surface area contributed by atoms with Crippen LogP contribution in [-0.4, -0.2) is 36.5 Å². The molecule has 1 amide bonds. The maximum Gasteiger partial charge on any atom is 0.258 e. The van der Waals surface area contributed by atoms with E-state index >= 15 is 0 Å². The lowest BCUT2D eigenvalue weighted by Gasteiger charge is -2.43. The molecule has 1 aromatic carbocycles. The van der Waals surface area contributed by atoms with Crippen LogP contribution in [0.15, 0.2) is 30.3 Å². The second kappa shape index (κ2) is 4.94. The highest BCUT2D eigenvalue weighted by molar-refractivity contribution is 7.94. The van der Waals surface area contributed by atoms with Crippen LogP contribution in [0.1, 0.15) is 19.4 Å². The first-order valence-corrected chi connectivity index (χ1v) is 7.63. The molecule has 0 bridgehead atoms. The predicted molar refractivity (Wildman–Crippen MR) is 72.9 cm³/mol. The minimum absolute atomic E-state index is 0.192. The van der Waals surface area contributed by atoms with E-state index in [2.05, 4.69) is 5.32 Å². The first-order chi connectivity index (χ1) is 8.87. The maximum atomic E-state index is 11.8. The Hall–Kier alpha value is -1.40. The van der Waals surface area contributed by atoms with E-state index in [1.165, 1.54) is 13.8 Å². The summed E-state index contributed by atoms with van der Waals surface area (Å²) in [5.41, 5.74) is 1.13. The summed E-state index contributed by atoms with van der Waals surface area (Å²) in [5, 5.41) is 3.13. The van der Waals surface area contributed by atoms with Crippen molar-refractivity contribution in [2.45, 2.75) is 25.1 Å². The van der Waals surface area contributed by atoms with Gasteiger partial charge in [0.05, 0.1) is 0 Å². The van der Waals surface area contributed by atoms with Crippen LogP contribution in [0.4, 0.5) is 0 Å². The number of carbonyl (C=O) groups excluding carboxylic acids is 1. The van der Waals surface area contributed by atoms with Crippen molar-refractivity contribution >= 4 is 15.9 Å². The Labute approximate surface area is 113 Å². The fourth-order valence-corrected chi connectivity index (χ4v) is 3.52. The summed E-state index contributed by atoms with van der Waals surface area (Å²) in [6.07, 6.45) is 0. The van der Waals surface area contributed by atoms with Crippen LogP contribution < -0.4 is 5.32 Å². The lowest BCUT2D eigenvalue weighted by molar-refractivity contribution is -0.132. The number of sulfonamides is 1. The fraction of sp³-hybridized carbons (Fsp3) is 0.462. The van der Waals surface area contributed by atoms with E-state index in [-0.39, 0.29) is 12.5 Å². The van der Waals surface area contributed by atoms with E-state index in [9.17, 15) is 13.2 Å². The minimum Gasteiger partial charge on any atom is -0.311 e. The Kier molecular flexibility index (Phi) is 3.64. The number of nitrogens with zero attached hydrogens (tertiary/aromatic N) is 1. The van der Waals surface area contributed by atoms with E-state index in [1.54, 1.807) is 0 Å². The minimum atomic E-state index is -3.45. The van der Waals surface area contributed by atoms with Gasteiger partial charge in [0.15, 0.2) is 4.75 Å². The summed E-state index contributed by atoms with van der Waals surface area (Å²) >= 11 is 0. The van der Waals surface area contributed by atoms with Gasteiger partial charge in [-0.05, 0) is 19.4 Å². The molecule has 0 unspecified atom stereocenters. The second-order valence-electron chi connectivity index (χ2n) is 5.06. The van der Waals surface area contributed by atoms with Gasteiger partial charge in [0.25, 0.3) is 15.9 Å². The third-order valence-corrected chi connectivity index (χ3v) is 5.73. The van der Waals surface area contributed by atoms with Crippen molar-refractivity contribution in [3.8, 4) is 0 Å². The zero-order valence-corrected chi connectivity index (χ0v) is 11.9. The highest BCUT2D eigenvalue weighted by Crippen LogP contribution is 2.34. The molecule has 0 radical (unpaired) electrons. The van der Waals surface area contributed by atoms with Crippen molar-refractivity contribution in [2.24, 2.45) is 0 Å². The average Bonchev–Trinajstić information content (AvgIpc) is 2.38. The highest BCUT2D eigenvalue weighted by Gasteiger charge is 2.59. The predicted octanol–water partition coefficient (Wildman–Crippen LogP) is 0.727. The van der Waals surface area contributed by atoms with Crippen LogP contribution in [-0.2, 0) is 21.4 Å². The smallest absolute Gasteiger partial charge is 0.258 e. The quantitative estimate of drug-likeness (QED) is 0.808. The van der Waals surface area contributed by atoms with Crippen LogP contribution in [0.2, 0.25) is 0 Å². The van der Waals surface area contributed by atoms with Gasteiger partial charge in [-0.3, -0.25) is 4.79 Å². The Bertz CT molecular complexity index is 567. The molecule has 104 valence electrons. The molecule has 1 heterocycles. The molecule has 0 spiro atoms. The van der Waals surface area contributed by atoms with Gasteiger partial charge in [-0.15, -0.1) is 0 Å². The topological polar surface area (TPSA) is 66.5 Å². The molecule has 19 heavy (non-hydrogen) atoms. The van der Waals surface area contributed by atoms with Gasteiger partial charge in [0.2, 0.25) is 0 Å². The number of amides is 1. The molecule has 0 saturated carbocycles. The van der Waals surface area contributed by atoms with E-state index in [4.69, 9.17) is 0 Å². The van der Waals surface area contributed by atoms with Gasteiger partial charge >= 0.3 is 0 Å². The fourth-order valence-electron chi connectivity index (χ4n) is 1.99. The largest absolute Gasteiger partial charge is 0.311 e. The van der Waals surface area contributed by atoms with Crippen LogP contribution in [0.25, 0.3) is 0 Å². The molecule has 0 aromatic heterocycles. The third kappa shape index (κ3) is 2.37. The molecule has 1 aromatic rings. The zero-order valence-electron chi connectivity index (χ0n) is 11.1. The van der Waals surface area contributed by atoms with Crippen molar-refractivity contribution in [3.05, 3.63) is 35.9 Å². The maximum absolute atomic E-state index is 11.8. The molecule has 5 nitrogen and oxygen atoms in total. The molecule has 2 rings (SSSR count). The number of benzene rings is 1. The van der Waals surface area contributed by atoms with Crippen LogP contribution >= 0.6 is 0 Å². The van der Waals surface area contributed by atoms with E-state index in [0.717, 1.165) is 9.87 Å². The van der Waals surface area contributed by atoms with Gasteiger partial charge in [0, 0.05) is 19.6 Å². The van der Waals surface area contributed by atoms with Crippen molar-refractivity contribution in [2.75, 3.05) is 13.1 Å². The van der Waals surface area contributed by atoms with Crippen molar-refractivity contribution in [3.63, 3.8) is 0 Å². The SMILES string of the molecule is CC1(C)C(=O)N(CCNCc2ccccc2)S1(=O)=O. The summed E-state index contributed by atoms with van der Waals surface area (Å²) in [5.74, 6) is -0.325. The number of hydrogen-bond donors (Lipinski definition) is 1. The Balaban J connectivity index is 1.80. The third-order valence-electron chi connectivity index (χ3n) is 3.34. The van der Waals surface area contributed by atoms with Gasteiger partial charge in [-0.2, -0.15) is 0 Å². The average molecular weight is 282 g/mol. The molecule has 1 aliphatic rings. The van der Waals surface area contributed by atoms with E-state index in [1.807, 2.05) is 30.3 Å². The first-order valence-electron chi connectivity index (χ1n) is 6.19. The summed E-state index contributed by atoms with van der Waals surface area (Å²) in [6.45, 7) is 4.19. The zero-order chi connectivity index (χ0) is 14.1. The lowest BCUT2D eigenvalue weighted by Crippen LogP contribution is -2.67. The number of carbonyl (C=O) groups is 1. The summed E-state index contributed by atoms with van der Waals surface area (Å²) in [4.78, 5) is 11.7. The number of nitrogens with one attached hydrogen (secondary N) is 1. The van der Waals surface area contributed by atoms with E-state index < -0.39 is 14.8 Å². The van der Waals surface area contributed by atoms with Crippen LogP contribution in [0.5, 0.6) is 0 Å². The van der Waals surface area contributed by atoms with Gasteiger partial charge in [0.1, 0.15) is 0 Å². The van der Waals surface area contributed by atoms with Crippen LogP contribution in [0.3, 0.4) is 0 Å². The normalized spacial score (nSPS) is 20.1. The standard InChI is InChI=1S/C13H18N2O3S/c1-13(2)12(16)15(19(13,17)18)9-8-14-10-11-6-4-3-5-7-11/h3-7,14H,8-10H2,1-2H3. The molecule has 1 saturated heterocycles. The number of hydrogen-bond acceptors (Lipinski definition) is 4. The molecule has 1 N–H and O–H groups in total. The molecular weight excluding hydrogens is 264 g/mol. The molecule has 1 aliphatic heterocycles. The van der Waals surface area contributed by atoms with Gasteiger partial charge < -0.3 is 5.32 Å². The Morgan fingerprint density at radius 2 is 1.84 bits per heavy atom. The van der Waals surface area contributed by atoms with Crippen LogP contribution in [0, 0.1) is 0 Å². The molecular formula is C13H18N2O3S. The molecule has 0 aliphatic carbocycles. The lowest BCUT2D eigenvalue weighted by atomic mass is 10.2. The van der Waals surface area contributed by atoms with Crippen molar-refractivity contribution < 1.29 is 13.2 Å². The molecule has 0 atom stereocenters. The molecule has 1 fully saturated rings. The first kappa shape index (κ1) is 14.0.